The van der Waals surface area contributed by atoms with Crippen molar-refractivity contribution in [1.82, 2.24) is 4.98 Å². The van der Waals surface area contributed by atoms with Gasteiger partial charge in [0.25, 0.3) is 0 Å². The number of nitrogens with zero attached hydrogens (tertiary/aromatic N) is 1. The van der Waals surface area contributed by atoms with Crippen LogP contribution in [0.5, 0.6) is 0 Å². The average molecular weight is 351 g/mol. The Morgan fingerprint density at radius 2 is 2.11 bits per heavy atom. The van der Waals surface area contributed by atoms with Crippen LogP contribution in [-0.4, -0.2) is 10.1 Å². The third-order valence-electron chi connectivity index (χ3n) is 2.83. The summed E-state index contributed by atoms with van der Waals surface area (Å²) in [6.45, 7) is 3.73. The van der Waals surface area contributed by atoms with Crippen LogP contribution in [0.15, 0.2) is 61.3 Å². The molecule has 3 heteroatoms. The van der Waals surface area contributed by atoms with Crippen molar-refractivity contribution >= 4 is 22.6 Å². The van der Waals surface area contributed by atoms with Crippen LogP contribution in [-0.2, 0) is 5.60 Å². The van der Waals surface area contributed by atoms with E-state index >= 15 is 0 Å². The normalized spacial score (nSPS) is 13.9. The van der Waals surface area contributed by atoms with Crippen molar-refractivity contribution < 1.29 is 5.11 Å². The van der Waals surface area contributed by atoms with Crippen LogP contribution in [0, 0.1) is 3.57 Å². The van der Waals surface area contributed by atoms with Crippen LogP contribution >= 0.6 is 22.6 Å². The molecule has 2 rings (SSSR count). The first-order chi connectivity index (χ1) is 8.66. The van der Waals surface area contributed by atoms with Crippen LogP contribution < -0.4 is 0 Å². The molecule has 18 heavy (non-hydrogen) atoms. The first-order valence-corrected chi connectivity index (χ1v) is 6.75. The van der Waals surface area contributed by atoms with Crippen LogP contribution in [0.3, 0.4) is 0 Å². The molecule has 0 saturated carbocycles. The zero-order valence-electron chi connectivity index (χ0n) is 9.88. The van der Waals surface area contributed by atoms with E-state index in [0.717, 1.165) is 9.13 Å². The van der Waals surface area contributed by atoms with Crippen molar-refractivity contribution in [2.24, 2.45) is 0 Å². The van der Waals surface area contributed by atoms with Crippen LogP contribution in [0.2, 0.25) is 0 Å². The molecule has 0 aliphatic rings. The number of pyridine rings is 1. The Hall–Kier alpha value is -1.20. The molecule has 1 aromatic heterocycles. The largest absolute Gasteiger partial charge is 0.378 e. The number of aromatic nitrogens is 1. The molecule has 1 N–H and O–H groups in total. The van der Waals surface area contributed by atoms with Gasteiger partial charge in [-0.15, -0.1) is 6.58 Å². The second-order valence-corrected chi connectivity index (χ2v) is 5.32. The molecule has 2 nitrogen and oxygen atoms in total. The predicted octanol–water partition coefficient (Wildman–Crippen LogP) is 3.50. The molecule has 1 aromatic carbocycles. The van der Waals surface area contributed by atoms with Crippen LogP contribution in [0.4, 0.5) is 0 Å². The Bertz CT molecular complexity index is 541. The molecule has 0 radical (unpaired) electrons. The first-order valence-electron chi connectivity index (χ1n) is 5.67. The Morgan fingerprint density at radius 1 is 1.28 bits per heavy atom. The van der Waals surface area contributed by atoms with Gasteiger partial charge in [0, 0.05) is 16.2 Å². The molecule has 0 aliphatic heterocycles. The lowest BCUT2D eigenvalue weighted by molar-refractivity contribution is 0.0794. The smallest absolute Gasteiger partial charge is 0.135 e. The van der Waals surface area contributed by atoms with Crippen LogP contribution in [0.1, 0.15) is 17.7 Å². The van der Waals surface area contributed by atoms with E-state index < -0.39 is 5.60 Å². The minimum absolute atomic E-state index is 0.435. The van der Waals surface area contributed by atoms with Crippen LogP contribution in [0.25, 0.3) is 0 Å². The molecule has 0 fully saturated rings. The summed E-state index contributed by atoms with van der Waals surface area (Å²) in [7, 11) is 0. The standard InChI is InChI=1S/C15H14INO/c1-2-9-15(18,14-8-3-4-10-17-14)12-6-5-7-13(16)11-12/h2-8,10-11,18H,1,9H2. The molecule has 1 unspecified atom stereocenters. The van der Waals surface area contributed by atoms with E-state index in [1.54, 1.807) is 12.3 Å². The Balaban J connectivity index is 2.54. The van der Waals surface area contributed by atoms with Gasteiger partial charge in [0.1, 0.15) is 5.60 Å². The second kappa shape index (κ2) is 5.63. The minimum atomic E-state index is -1.11. The lowest BCUT2D eigenvalue weighted by Gasteiger charge is -2.27. The van der Waals surface area contributed by atoms with Crippen molar-refractivity contribution in [2.45, 2.75) is 12.0 Å². The van der Waals surface area contributed by atoms with E-state index in [9.17, 15) is 5.11 Å². The number of hydrogen-bond acceptors (Lipinski definition) is 2. The van der Waals surface area contributed by atoms with Gasteiger partial charge in [0.15, 0.2) is 0 Å². The molecular formula is C15H14INO. The van der Waals surface area contributed by atoms with Gasteiger partial charge in [0.2, 0.25) is 0 Å². The molecule has 1 atom stereocenters. The number of benzene rings is 1. The van der Waals surface area contributed by atoms with Crippen molar-refractivity contribution in [1.29, 1.82) is 0 Å². The highest BCUT2D eigenvalue weighted by atomic mass is 127. The topological polar surface area (TPSA) is 33.1 Å². The first kappa shape index (κ1) is 13.2. The van der Waals surface area contributed by atoms with Crippen molar-refractivity contribution in [2.75, 3.05) is 0 Å². The summed E-state index contributed by atoms with van der Waals surface area (Å²) in [4.78, 5) is 4.28. The van der Waals surface area contributed by atoms with E-state index in [2.05, 4.69) is 34.2 Å². The lowest BCUT2D eigenvalue weighted by atomic mass is 9.87. The summed E-state index contributed by atoms with van der Waals surface area (Å²) < 4.78 is 1.09. The summed E-state index contributed by atoms with van der Waals surface area (Å²) in [5.41, 5.74) is 0.379. The monoisotopic (exact) mass is 351 g/mol. The molecule has 2 aromatic rings. The van der Waals surface area contributed by atoms with E-state index in [1.165, 1.54) is 0 Å². The molecule has 0 amide bonds. The Kier molecular flexibility index (Phi) is 4.14. The van der Waals surface area contributed by atoms with Crippen molar-refractivity contribution in [3.05, 3.63) is 76.1 Å². The summed E-state index contributed by atoms with van der Waals surface area (Å²) in [5.74, 6) is 0. The second-order valence-electron chi connectivity index (χ2n) is 4.08. The zero-order valence-corrected chi connectivity index (χ0v) is 12.0. The maximum absolute atomic E-state index is 10.9. The molecular weight excluding hydrogens is 337 g/mol. The quantitative estimate of drug-likeness (QED) is 0.676. The maximum atomic E-state index is 10.9. The number of halogens is 1. The molecule has 92 valence electrons. The van der Waals surface area contributed by atoms with Crippen molar-refractivity contribution in [3.63, 3.8) is 0 Å². The van der Waals surface area contributed by atoms with Gasteiger partial charge in [-0.2, -0.15) is 0 Å². The predicted molar refractivity (Wildman–Crippen MR) is 81.2 cm³/mol. The fraction of sp³-hybridized carbons (Fsp3) is 0.133. The van der Waals surface area contributed by atoms with E-state index in [1.807, 2.05) is 42.5 Å². The molecule has 0 spiro atoms. The fourth-order valence-electron chi connectivity index (χ4n) is 1.93. The number of rotatable bonds is 4. The summed E-state index contributed by atoms with van der Waals surface area (Å²) in [5, 5.41) is 10.9. The SMILES string of the molecule is C=CCC(O)(c1cccc(I)c1)c1ccccn1. The number of aliphatic hydroxyl groups is 1. The Morgan fingerprint density at radius 3 is 2.72 bits per heavy atom. The third-order valence-corrected chi connectivity index (χ3v) is 3.50. The zero-order chi connectivity index (χ0) is 13.0. The van der Waals surface area contributed by atoms with Crippen molar-refractivity contribution in [3.8, 4) is 0 Å². The van der Waals surface area contributed by atoms with Gasteiger partial charge in [-0.1, -0.05) is 24.3 Å². The van der Waals surface area contributed by atoms with Gasteiger partial charge >= 0.3 is 0 Å². The minimum Gasteiger partial charge on any atom is -0.378 e. The van der Waals surface area contributed by atoms with E-state index in [0.29, 0.717) is 12.1 Å². The molecule has 0 aliphatic carbocycles. The maximum Gasteiger partial charge on any atom is 0.135 e. The summed E-state index contributed by atoms with van der Waals surface area (Å²) in [6, 6.07) is 13.4. The van der Waals surface area contributed by atoms with Gasteiger partial charge in [-0.3, -0.25) is 4.98 Å². The van der Waals surface area contributed by atoms with Gasteiger partial charge in [0.05, 0.1) is 5.69 Å². The van der Waals surface area contributed by atoms with E-state index in [-0.39, 0.29) is 0 Å². The Labute approximate surface area is 121 Å². The molecule has 0 bridgehead atoms. The van der Waals surface area contributed by atoms with Gasteiger partial charge < -0.3 is 5.11 Å². The molecule has 1 heterocycles. The number of hydrogen-bond donors (Lipinski definition) is 1. The van der Waals surface area contributed by atoms with Gasteiger partial charge in [-0.05, 0) is 52.4 Å². The average Bonchev–Trinajstić information content (AvgIpc) is 2.40. The van der Waals surface area contributed by atoms with E-state index in [4.69, 9.17) is 0 Å². The highest BCUT2D eigenvalue weighted by Crippen LogP contribution is 2.32. The fourth-order valence-corrected chi connectivity index (χ4v) is 2.48. The summed E-state index contributed by atoms with van der Waals surface area (Å²) >= 11 is 2.24. The lowest BCUT2D eigenvalue weighted by Crippen LogP contribution is -2.27. The summed E-state index contributed by atoms with van der Waals surface area (Å²) in [6.07, 6.45) is 3.84. The van der Waals surface area contributed by atoms with Gasteiger partial charge in [-0.25, -0.2) is 0 Å². The highest BCUT2D eigenvalue weighted by molar-refractivity contribution is 14.1. The highest BCUT2D eigenvalue weighted by Gasteiger charge is 2.31. The molecule has 0 saturated heterocycles. The third kappa shape index (κ3) is 2.62.